The first-order chi connectivity index (χ1) is 9.34. The predicted molar refractivity (Wildman–Crippen MR) is 72.6 cm³/mol. The molecule has 19 heavy (non-hydrogen) atoms. The van der Waals surface area contributed by atoms with Gasteiger partial charge >= 0.3 is 0 Å². The third-order valence-electron chi connectivity index (χ3n) is 4.01. The van der Waals surface area contributed by atoms with Gasteiger partial charge in [-0.3, -0.25) is 4.79 Å². The number of piperidine rings is 1. The van der Waals surface area contributed by atoms with E-state index in [4.69, 9.17) is 0 Å². The lowest BCUT2D eigenvalue weighted by atomic mass is 10.0. The van der Waals surface area contributed by atoms with E-state index in [-0.39, 0.29) is 5.91 Å². The first-order valence-corrected chi connectivity index (χ1v) is 7.36. The highest BCUT2D eigenvalue weighted by Crippen LogP contribution is 2.28. The van der Waals surface area contributed by atoms with Crippen molar-refractivity contribution in [2.75, 3.05) is 13.1 Å². The largest absolute Gasteiger partial charge is 0.354 e. The highest BCUT2D eigenvalue weighted by molar-refractivity contribution is 5.80. The van der Waals surface area contributed by atoms with Gasteiger partial charge in [0.1, 0.15) is 0 Å². The van der Waals surface area contributed by atoms with Crippen LogP contribution in [-0.4, -0.2) is 28.5 Å². The number of amides is 1. The molecule has 5 heteroatoms. The van der Waals surface area contributed by atoms with Crippen molar-refractivity contribution in [2.45, 2.75) is 44.7 Å². The summed E-state index contributed by atoms with van der Waals surface area (Å²) in [5.41, 5.74) is 1.25. The SMILES string of the molecule is O=C(NCCn1cncc1C1CCCCN1)C1CC1. The van der Waals surface area contributed by atoms with Crippen LogP contribution in [0.2, 0.25) is 0 Å². The first kappa shape index (κ1) is 12.7. The summed E-state index contributed by atoms with van der Waals surface area (Å²) < 4.78 is 2.16. The Balaban J connectivity index is 1.52. The minimum Gasteiger partial charge on any atom is -0.354 e. The van der Waals surface area contributed by atoms with Gasteiger partial charge in [0.25, 0.3) is 0 Å². The van der Waals surface area contributed by atoms with Gasteiger partial charge in [0.05, 0.1) is 12.0 Å². The zero-order chi connectivity index (χ0) is 13.1. The molecule has 104 valence electrons. The van der Waals surface area contributed by atoms with Crippen molar-refractivity contribution in [1.29, 1.82) is 0 Å². The lowest BCUT2D eigenvalue weighted by Gasteiger charge is -2.24. The van der Waals surface area contributed by atoms with Gasteiger partial charge in [-0.05, 0) is 32.2 Å². The van der Waals surface area contributed by atoms with Crippen LogP contribution in [0.4, 0.5) is 0 Å². The van der Waals surface area contributed by atoms with Crippen molar-refractivity contribution in [3.8, 4) is 0 Å². The topological polar surface area (TPSA) is 59.0 Å². The summed E-state index contributed by atoms with van der Waals surface area (Å²) in [6.45, 7) is 2.60. The molecule has 0 bridgehead atoms. The molecule has 1 saturated heterocycles. The van der Waals surface area contributed by atoms with Gasteiger partial charge in [-0.1, -0.05) is 6.42 Å². The molecular formula is C14H22N4O. The van der Waals surface area contributed by atoms with Crippen LogP contribution < -0.4 is 10.6 Å². The summed E-state index contributed by atoms with van der Waals surface area (Å²) in [4.78, 5) is 15.8. The maximum absolute atomic E-state index is 11.6. The van der Waals surface area contributed by atoms with E-state index in [0.29, 0.717) is 18.5 Å². The molecule has 0 aromatic carbocycles. The number of rotatable bonds is 5. The summed E-state index contributed by atoms with van der Waals surface area (Å²) in [5, 5.41) is 6.55. The number of carbonyl (C=O) groups is 1. The van der Waals surface area contributed by atoms with E-state index < -0.39 is 0 Å². The summed E-state index contributed by atoms with van der Waals surface area (Å²) in [6, 6.07) is 0.426. The Morgan fingerprint density at radius 1 is 1.42 bits per heavy atom. The third-order valence-corrected chi connectivity index (χ3v) is 4.01. The molecular weight excluding hydrogens is 240 g/mol. The van der Waals surface area contributed by atoms with Crippen LogP contribution in [0, 0.1) is 5.92 Å². The third kappa shape index (κ3) is 3.15. The van der Waals surface area contributed by atoms with Crippen LogP contribution in [0.15, 0.2) is 12.5 Å². The second-order valence-electron chi connectivity index (χ2n) is 5.58. The fourth-order valence-corrected chi connectivity index (χ4v) is 2.70. The lowest BCUT2D eigenvalue weighted by molar-refractivity contribution is -0.122. The molecule has 1 aliphatic carbocycles. The number of nitrogens with one attached hydrogen (secondary N) is 2. The predicted octanol–water partition coefficient (Wildman–Crippen LogP) is 1.22. The van der Waals surface area contributed by atoms with Gasteiger partial charge in [0, 0.05) is 31.2 Å². The molecule has 2 aliphatic rings. The number of carbonyl (C=O) groups excluding carboxylic acids is 1. The van der Waals surface area contributed by atoms with Crippen molar-refractivity contribution < 1.29 is 4.79 Å². The number of nitrogens with zero attached hydrogens (tertiary/aromatic N) is 2. The van der Waals surface area contributed by atoms with E-state index in [2.05, 4.69) is 20.2 Å². The van der Waals surface area contributed by atoms with Crippen molar-refractivity contribution in [2.24, 2.45) is 5.92 Å². The highest BCUT2D eigenvalue weighted by atomic mass is 16.2. The van der Waals surface area contributed by atoms with Crippen LogP contribution in [0.5, 0.6) is 0 Å². The van der Waals surface area contributed by atoms with Crippen LogP contribution in [0.1, 0.15) is 43.8 Å². The molecule has 1 amide bonds. The Hall–Kier alpha value is -1.36. The quantitative estimate of drug-likeness (QED) is 0.839. The molecule has 1 aromatic heterocycles. The van der Waals surface area contributed by atoms with Gasteiger partial charge in [0.15, 0.2) is 0 Å². The van der Waals surface area contributed by atoms with Crippen molar-refractivity contribution in [1.82, 2.24) is 20.2 Å². The molecule has 5 nitrogen and oxygen atoms in total. The first-order valence-electron chi connectivity index (χ1n) is 7.36. The molecule has 0 spiro atoms. The van der Waals surface area contributed by atoms with E-state index in [1.54, 1.807) is 0 Å². The number of hydrogen-bond acceptors (Lipinski definition) is 3. The number of aromatic nitrogens is 2. The molecule has 3 rings (SSSR count). The van der Waals surface area contributed by atoms with Crippen LogP contribution >= 0.6 is 0 Å². The standard InChI is InChI=1S/C14H22N4O/c19-14(11-4-5-11)17-7-8-18-10-15-9-13(18)12-3-1-2-6-16-12/h9-12,16H,1-8H2,(H,17,19). The van der Waals surface area contributed by atoms with Gasteiger partial charge in [-0.15, -0.1) is 0 Å². The molecule has 1 unspecified atom stereocenters. The van der Waals surface area contributed by atoms with Crippen molar-refractivity contribution in [3.05, 3.63) is 18.2 Å². The average molecular weight is 262 g/mol. The monoisotopic (exact) mass is 262 g/mol. The van der Waals surface area contributed by atoms with E-state index in [9.17, 15) is 4.79 Å². The van der Waals surface area contributed by atoms with Crippen molar-refractivity contribution >= 4 is 5.91 Å². The molecule has 2 N–H and O–H groups in total. The molecule has 1 atom stereocenters. The normalized spacial score (nSPS) is 23.3. The molecule has 2 heterocycles. The van der Waals surface area contributed by atoms with Crippen LogP contribution in [0.25, 0.3) is 0 Å². The zero-order valence-electron chi connectivity index (χ0n) is 11.3. The van der Waals surface area contributed by atoms with Gasteiger partial charge in [-0.2, -0.15) is 0 Å². The maximum atomic E-state index is 11.6. The minimum atomic E-state index is 0.220. The average Bonchev–Trinajstić information content (AvgIpc) is 3.20. The van der Waals surface area contributed by atoms with Gasteiger partial charge < -0.3 is 15.2 Å². The summed E-state index contributed by atoms with van der Waals surface area (Å²) in [6.07, 6.45) is 9.67. The minimum absolute atomic E-state index is 0.220. The maximum Gasteiger partial charge on any atom is 0.223 e. The molecule has 2 fully saturated rings. The lowest BCUT2D eigenvalue weighted by Crippen LogP contribution is -2.31. The highest BCUT2D eigenvalue weighted by Gasteiger charge is 2.29. The Bertz CT molecular complexity index is 432. The van der Waals surface area contributed by atoms with E-state index in [1.165, 1.54) is 25.0 Å². The molecule has 1 aliphatic heterocycles. The Labute approximate surface area is 113 Å². The van der Waals surface area contributed by atoms with Crippen LogP contribution in [-0.2, 0) is 11.3 Å². The molecule has 1 saturated carbocycles. The molecule has 0 radical (unpaired) electrons. The fraction of sp³-hybridized carbons (Fsp3) is 0.714. The Morgan fingerprint density at radius 2 is 2.32 bits per heavy atom. The Kier molecular flexibility index (Phi) is 3.82. The molecule has 1 aromatic rings. The summed E-state index contributed by atoms with van der Waals surface area (Å²) >= 11 is 0. The smallest absolute Gasteiger partial charge is 0.223 e. The van der Waals surface area contributed by atoms with Gasteiger partial charge in [-0.25, -0.2) is 4.98 Å². The van der Waals surface area contributed by atoms with E-state index in [0.717, 1.165) is 25.9 Å². The number of hydrogen-bond donors (Lipinski definition) is 2. The van der Waals surface area contributed by atoms with Crippen LogP contribution in [0.3, 0.4) is 0 Å². The van der Waals surface area contributed by atoms with Gasteiger partial charge in [0.2, 0.25) is 5.91 Å². The number of imidazole rings is 1. The summed E-state index contributed by atoms with van der Waals surface area (Å²) in [7, 11) is 0. The van der Waals surface area contributed by atoms with E-state index in [1.807, 2.05) is 12.5 Å². The Morgan fingerprint density at radius 3 is 3.05 bits per heavy atom. The second-order valence-corrected chi connectivity index (χ2v) is 5.58. The van der Waals surface area contributed by atoms with Crippen molar-refractivity contribution in [3.63, 3.8) is 0 Å². The fourth-order valence-electron chi connectivity index (χ4n) is 2.70. The summed E-state index contributed by atoms with van der Waals surface area (Å²) in [5.74, 6) is 0.514. The second kappa shape index (κ2) is 5.74. The zero-order valence-corrected chi connectivity index (χ0v) is 11.3. The van der Waals surface area contributed by atoms with E-state index >= 15 is 0 Å².